The molecule has 6 nitrogen and oxygen atoms in total. The number of hydrogen-bond donors (Lipinski definition) is 0. The van der Waals surface area contributed by atoms with Gasteiger partial charge in [0.25, 0.3) is 0 Å². The Labute approximate surface area is 114 Å². The quantitative estimate of drug-likeness (QED) is 0.574. The van der Waals surface area contributed by atoms with Crippen molar-refractivity contribution in [3.05, 3.63) is 0 Å². The molecular weight excluding hydrogens is 305 g/mol. The number of halogens is 3. The van der Waals surface area contributed by atoms with Gasteiger partial charge in [0, 0.05) is 13.0 Å². The van der Waals surface area contributed by atoms with Crippen LogP contribution in [0.5, 0.6) is 0 Å². The largest absolute Gasteiger partial charge is 0.523 e. The minimum atomic E-state index is -5.65. The number of ether oxygens (including phenoxy) is 3. The fraction of sp³-hybridized carbons (Fsp3) is 1.00. The van der Waals surface area contributed by atoms with Gasteiger partial charge in [0.05, 0.1) is 6.61 Å². The van der Waals surface area contributed by atoms with Crippen LogP contribution in [0.15, 0.2) is 0 Å². The van der Waals surface area contributed by atoms with Crippen LogP contribution in [0.2, 0.25) is 0 Å². The van der Waals surface area contributed by atoms with E-state index in [9.17, 15) is 21.6 Å². The highest BCUT2D eigenvalue weighted by atomic mass is 32.2. The molecule has 0 aromatic rings. The molecule has 10 heteroatoms. The molecule has 0 saturated carbocycles. The van der Waals surface area contributed by atoms with Crippen LogP contribution in [0, 0.1) is 0 Å². The van der Waals surface area contributed by atoms with Crippen molar-refractivity contribution >= 4 is 10.1 Å². The van der Waals surface area contributed by atoms with E-state index in [4.69, 9.17) is 14.2 Å². The van der Waals surface area contributed by atoms with Crippen LogP contribution < -0.4 is 0 Å². The van der Waals surface area contributed by atoms with Gasteiger partial charge in [0.15, 0.2) is 5.79 Å². The zero-order valence-electron chi connectivity index (χ0n) is 10.8. The standard InChI is InChI=1S/C10H15F3O6S/c1-9(2)17-5-7(18-9)8-6(3-4-16-8)19-20(14,15)10(11,12)13/h6-8H,3-5H2,1-2H3/t6-,7?,8?/m1/s1. The van der Waals surface area contributed by atoms with Crippen molar-refractivity contribution in [2.24, 2.45) is 0 Å². The molecule has 118 valence electrons. The molecule has 0 spiro atoms. The monoisotopic (exact) mass is 320 g/mol. The second-order valence-electron chi connectivity index (χ2n) is 5.03. The van der Waals surface area contributed by atoms with E-state index in [1.807, 2.05) is 0 Å². The first-order chi connectivity index (χ1) is 9.02. The molecule has 3 atom stereocenters. The maximum absolute atomic E-state index is 12.3. The van der Waals surface area contributed by atoms with E-state index in [1.165, 1.54) is 0 Å². The summed E-state index contributed by atoms with van der Waals surface area (Å²) in [5, 5.41) is 0. The first-order valence-electron chi connectivity index (χ1n) is 5.95. The lowest BCUT2D eigenvalue weighted by Gasteiger charge is -2.24. The fourth-order valence-corrected chi connectivity index (χ4v) is 2.78. The lowest BCUT2D eigenvalue weighted by molar-refractivity contribution is -0.157. The average molecular weight is 320 g/mol. The van der Waals surface area contributed by atoms with Gasteiger partial charge in [-0.1, -0.05) is 0 Å². The van der Waals surface area contributed by atoms with Crippen molar-refractivity contribution in [3.63, 3.8) is 0 Å². The summed E-state index contributed by atoms with van der Waals surface area (Å²) in [5.41, 5.74) is -5.45. The summed E-state index contributed by atoms with van der Waals surface area (Å²) < 4.78 is 79.2. The highest BCUT2D eigenvalue weighted by Crippen LogP contribution is 2.34. The molecule has 2 aliphatic rings. The van der Waals surface area contributed by atoms with Gasteiger partial charge in [-0.2, -0.15) is 21.6 Å². The van der Waals surface area contributed by atoms with Crippen LogP contribution in [-0.2, 0) is 28.5 Å². The highest BCUT2D eigenvalue weighted by Gasteiger charge is 2.52. The summed E-state index contributed by atoms with van der Waals surface area (Å²) in [4.78, 5) is 0. The number of rotatable bonds is 3. The van der Waals surface area contributed by atoms with Crippen molar-refractivity contribution < 1.29 is 40.0 Å². The molecule has 0 aliphatic carbocycles. The maximum atomic E-state index is 12.3. The summed E-state index contributed by atoms with van der Waals surface area (Å²) in [6, 6.07) is 0. The predicted octanol–water partition coefficient (Wildman–Crippen LogP) is 1.16. The van der Waals surface area contributed by atoms with Gasteiger partial charge < -0.3 is 14.2 Å². The molecular formula is C10H15F3O6S. The zero-order chi connectivity index (χ0) is 15.2. The van der Waals surface area contributed by atoms with Crippen molar-refractivity contribution in [2.75, 3.05) is 13.2 Å². The van der Waals surface area contributed by atoms with Crippen LogP contribution in [-0.4, -0.2) is 51.2 Å². The van der Waals surface area contributed by atoms with Crippen molar-refractivity contribution in [3.8, 4) is 0 Å². The van der Waals surface area contributed by atoms with Crippen LogP contribution in [0.3, 0.4) is 0 Å². The first kappa shape index (κ1) is 16.0. The number of hydrogen-bond acceptors (Lipinski definition) is 6. The van der Waals surface area contributed by atoms with Crippen LogP contribution in [0.25, 0.3) is 0 Å². The highest BCUT2D eigenvalue weighted by molar-refractivity contribution is 7.87. The van der Waals surface area contributed by atoms with E-state index >= 15 is 0 Å². The Kier molecular flexibility index (Phi) is 4.06. The van der Waals surface area contributed by atoms with E-state index in [2.05, 4.69) is 4.18 Å². The lowest BCUT2D eigenvalue weighted by atomic mass is 10.1. The first-order valence-corrected chi connectivity index (χ1v) is 7.36. The molecule has 2 heterocycles. The van der Waals surface area contributed by atoms with Crippen LogP contribution in [0.1, 0.15) is 20.3 Å². The van der Waals surface area contributed by atoms with E-state index in [0.29, 0.717) is 0 Å². The SMILES string of the molecule is CC1(C)OCC(C2OCC[C@H]2OS(=O)(=O)C(F)(F)F)O1. The summed E-state index contributed by atoms with van der Waals surface area (Å²) >= 11 is 0. The molecule has 0 aromatic carbocycles. The molecule has 2 aliphatic heterocycles. The third-order valence-corrected chi connectivity index (χ3v) is 4.08. The zero-order valence-corrected chi connectivity index (χ0v) is 11.7. The Hall–Kier alpha value is -0.420. The Morgan fingerprint density at radius 2 is 1.95 bits per heavy atom. The summed E-state index contributed by atoms with van der Waals surface area (Å²) in [6.45, 7) is 3.49. The van der Waals surface area contributed by atoms with Crippen molar-refractivity contribution in [1.82, 2.24) is 0 Å². The molecule has 2 unspecified atom stereocenters. The van der Waals surface area contributed by atoms with Gasteiger partial charge in [0.2, 0.25) is 0 Å². The predicted molar refractivity (Wildman–Crippen MR) is 59.1 cm³/mol. The van der Waals surface area contributed by atoms with Gasteiger partial charge >= 0.3 is 15.6 Å². The Morgan fingerprint density at radius 3 is 2.45 bits per heavy atom. The Morgan fingerprint density at radius 1 is 1.30 bits per heavy atom. The van der Waals surface area contributed by atoms with E-state index < -0.39 is 39.7 Å². The number of alkyl halides is 3. The second-order valence-corrected chi connectivity index (χ2v) is 6.59. The normalized spacial score (nSPS) is 34.5. The molecule has 2 rings (SSSR count). The second kappa shape index (κ2) is 5.09. The molecule has 2 fully saturated rings. The smallest absolute Gasteiger partial charge is 0.373 e. The van der Waals surface area contributed by atoms with E-state index in [-0.39, 0.29) is 19.6 Å². The molecule has 0 bridgehead atoms. The third kappa shape index (κ3) is 3.25. The molecule has 0 aromatic heterocycles. The third-order valence-electron chi connectivity index (χ3n) is 3.01. The molecule has 20 heavy (non-hydrogen) atoms. The van der Waals surface area contributed by atoms with Gasteiger partial charge in [-0.25, -0.2) is 0 Å². The lowest BCUT2D eigenvalue weighted by Crippen LogP contribution is -2.41. The van der Waals surface area contributed by atoms with Gasteiger partial charge in [0.1, 0.15) is 18.3 Å². The molecule has 0 radical (unpaired) electrons. The Bertz CT molecular complexity index is 460. The van der Waals surface area contributed by atoms with E-state index in [1.54, 1.807) is 13.8 Å². The van der Waals surface area contributed by atoms with Crippen molar-refractivity contribution in [2.45, 2.75) is 49.9 Å². The molecule has 0 amide bonds. The summed E-state index contributed by atoms with van der Waals surface area (Å²) in [7, 11) is -5.65. The fourth-order valence-electron chi connectivity index (χ4n) is 2.14. The van der Waals surface area contributed by atoms with Crippen LogP contribution in [0.4, 0.5) is 13.2 Å². The van der Waals surface area contributed by atoms with Crippen molar-refractivity contribution in [1.29, 1.82) is 0 Å². The van der Waals surface area contributed by atoms with Gasteiger partial charge in [-0.05, 0) is 13.8 Å². The minimum Gasteiger partial charge on any atom is -0.373 e. The topological polar surface area (TPSA) is 71.1 Å². The average Bonchev–Trinajstić information content (AvgIpc) is 2.82. The molecule has 0 N–H and O–H groups in total. The molecule has 2 saturated heterocycles. The Balaban J connectivity index is 2.06. The van der Waals surface area contributed by atoms with Crippen LogP contribution >= 0.6 is 0 Å². The summed E-state index contributed by atoms with van der Waals surface area (Å²) in [6.07, 6.45) is -2.76. The van der Waals surface area contributed by atoms with E-state index in [0.717, 1.165) is 0 Å². The maximum Gasteiger partial charge on any atom is 0.523 e. The minimum absolute atomic E-state index is 0.0419. The summed E-state index contributed by atoms with van der Waals surface area (Å²) in [5.74, 6) is -0.885. The van der Waals surface area contributed by atoms with Gasteiger partial charge in [-0.3, -0.25) is 4.18 Å². The van der Waals surface area contributed by atoms with Gasteiger partial charge in [-0.15, -0.1) is 0 Å².